The first kappa shape index (κ1) is 11.9. The zero-order valence-electron chi connectivity index (χ0n) is 8.90. The number of nitrogen functional groups attached to an aromatic ring is 1. The number of nitrogens with zero attached hydrogens (tertiary/aromatic N) is 2. The number of carbonyl (C=O) groups is 1. The molecule has 0 unspecified atom stereocenters. The van der Waals surface area contributed by atoms with E-state index in [1.807, 2.05) is 6.26 Å². The Kier molecular flexibility index (Phi) is 4.48. The van der Waals surface area contributed by atoms with Crippen LogP contribution in [0.15, 0.2) is 6.33 Å². The van der Waals surface area contributed by atoms with Gasteiger partial charge in [0.2, 0.25) is 0 Å². The number of ether oxygens (including phenoxy) is 1. The molecule has 0 aliphatic rings. The summed E-state index contributed by atoms with van der Waals surface area (Å²) in [5, 5.41) is 0. The SMILES string of the molecule is CCOC(=O)c1ncn(CCSC)c1N. The van der Waals surface area contributed by atoms with E-state index in [9.17, 15) is 4.79 Å². The van der Waals surface area contributed by atoms with Gasteiger partial charge in [-0.3, -0.25) is 0 Å². The molecule has 0 saturated heterocycles. The summed E-state index contributed by atoms with van der Waals surface area (Å²) in [6.07, 6.45) is 3.58. The van der Waals surface area contributed by atoms with Gasteiger partial charge in [-0.1, -0.05) is 0 Å². The third kappa shape index (κ3) is 2.89. The first-order valence-corrected chi connectivity index (χ1v) is 6.06. The molecule has 1 heterocycles. The Morgan fingerprint density at radius 2 is 2.47 bits per heavy atom. The molecule has 84 valence electrons. The molecule has 0 radical (unpaired) electrons. The van der Waals surface area contributed by atoms with Crippen LogP contribution >= 0.6 is 11.8 Å². The van der Waals surface area contributed by atoms with Crippen molar-refractivity contribution in [3.63, 3.8) is 0 Å². The van der Waals surface area contributed by atoms with Crippen LogP contribution in [0, 0.1) is 0 Å². The minimum Gasteiger partial charge on any atom is -0.461 e. The number of carbonyl (C=O) groups excluding carboxylic acids is 1. The van der Waals surface area contributed by atoms with Gasteiger partial charge >= 0.3 is 5.97 Å². The van der Waals surface area contributed by atoms with E-state index < -0.39 is 5.97 Å². The molecule has 0 aromatic carbocycles. The average Bonchev–Trinajstić information content (AvgIpc) is 2.57. The smallest absolute Gasteiger partial charge is 0.360 e. The van der Waals surface area contributed by atoms with Gasteiger partial charge in [-0.05, 0) is 13.2 Å². The van der Waals surface area contributed by atoms with E-state index in [2.05, 4.69) is 4.98 Å². The Labute approximate surface area is 93.0 Å². The van der Waals surface area contributed by atoms with E-state index in [0.717, 1.165) is 12.3 Å². The first-order valence-electron chi connectivity index (χ1n) is 4.67. The predicted molar refractivity (Wildman–Crippen MR) is 61.0 cm³/mol. The van der Waals surface area contributed by atoms with Crippen LogP contribution in [-0.4, -0.2) is 34.1 Å². The summed E-state index contributed by atoms with van der Waals surface area (Å²) in [6.45, 7) is 2.83. The fourth-order valence-corrected chi connectivity index (χ4v) is 1.50. The zero-order valence-corrected chi connectivity index (χ0v) is 9.71. The molecule has 0 atom stereocenters. The van der Waals surface area contributed by atoms with Crippen molar-refractivity contribution in [2.45, 2.75) is 13.5 Å². The van der Waals surface area contributed by atoms with Crippen LogP contribution in [0.2, 0.25) is 0 Å². The molecule has 0 spiro atoms. The summed E-state index contributed by atoms with van der Waals surface area (Å²) in [6, 6.07) is 0. The number of nitrogens with two attached hydrogens (primary N) is 1. The van der Waals surface area contributed by atoms with E-state index in [4.69, 9.17) is 10.5 Å². The molecule has 0 amide bonds. The molecule has 0 saturated carbocycles. The van der Waals surface area contributed by atoms with E-state index in [1.165, 1.54) is 0 Å². The lowest BCUT2D eigenvalue weighted by Gasteiger charge is -2.03. The predicted octanol–water partition coefficient (Wildman–Crippen LogP) is 1.00. The molecule has 5 nitrogen and oxygen atoms in total. The molecule has 1 aromatic heterocycles. The molecule has 0 bridgehead atoms. The topological polar surface area (TPSA) is 70.1 Å². The number of esters is 1. The number of aromatic nitrogens is 2. The Morgan fingerprint density at radius 3 is 3.07 bits per heavy atom. The van der Waals surface area contributed by atoms with E-state index in [0.29, 0.717) is 12.4 Å². The number of rotatable bonds is 5. The minimum absolute atomic E-state index is 0.206. The van der Waals surface area contributed by atoms with Gasteiger partial charge in [-0.2, -0.15) is 11.8 Å². The Bertz CT molecular complexity index is 338. The fraction of sp³-hybridized carbons (Fsp3) is 0.556. The van der Waals surface area contributed by atoms with Gasteiger partial charge in [0.05, 0.1) is 12.9 Å². The highest BCUT2D eigenvalue weighted by atomic mass is 32.2. The highest BCUT2D eigenvalue weighted by molar-refractivity contribution is 7.98. The number of imidazole rings is 1. The summed E-state index contributed by atoms with van der Waals surface area (Å²) in [5.74, 6) is 0.850. The lowest BCUT2D eigenvalue weighted by molar-refractivity contribution is 0.0521. The monoisotopic (exact) mass is 229 g/mol. The standard InChI is InChI=1S/C9H15N3O2S/c1-3-14-9(13)7-8(10)12(6-11-7)4-5-15-2/h6H,3-5,10H2,1-2H3. The fourth-order valence-electron chi connectivity index (χ4n) is 1.12. The van der Waals surface area contributed by atoms with Gasteiger partial charge < -0.3 is 15.0 Å². The van der Waals surface area contributed by atoms with Crippen LogP contribution in [0.4, 0.5) is 5.82 Å². The van der Waals surface area contributed by atoms with Crippen molar-refractivity contribution >= 4 is 23.5 Å². The molecule has 6 heteroatoms. The number of aryl methyl sites for hydroxylation is 1. The quantitative estimate of drug-likeness (QED) is 0.763. The first-order chi connectivity index (χ1) is 7.20. The molecule has 0 fully saturated rings. The molecule has 0 aliphatic heterocycles. The largest absolute Gasteiger partial charge is 0.461 e. The van der Waals surface area contributed by atoms with Crippen molar-refractivity contribution in [1.29, 1.82) is 0 Å². The Morgan fingerprint density at radius 1 is 1.73 bits per heavy atom. The lowest BCUT2D eigenvalue weighted by Crippen LogP contribution is -2.10. The maximum Gasteiger partial charge on any atom is 0.360 e. The minimum atomic E-state index is -0.460. The summed E-state index contributed by atoms with van der Waals surface area (Å²) < 4.78 is 6.58. The summed E-state index contributed by atoms with van der Waals surface area (Å²) in [4.78, 5) is 15.3. The highest BCUT2D eigenvalue weighted by Crippen LogP contribution is 2.12. The molecule has 1 rings (SSSR count). The number of hydrogen-bond donors (Lipinski definition) is 1. The van der Waals surface area contributed by atoms with Crippen molar-refractivity contribution in [3.8, 4) is 0 Å². The van der Waals surface area contributed by atoms with Gasteiger partial charge in [0, 0.05) is 12.3 Å². The highest BCUT2D eigenvalue weighted by Gasteiger charge is 2.16. The third-order valence-electron chi connectivity index (χ3n) is 1.88. The molecule has 2 N–H and O–H groups in total. The van der Waals surface area contributed by atoms with Crippen molar-refractivity contribution in [1.82, 2.24) is 9.55 Å². The molecule has 0 aliphatic carbocycles. The van der Waals surface area contributed by atoms with Crippen LogP contribution in [0.1, 0.15) is 17.4 Å². The van der Waals surface area contributed by atoms with Crippen LogP contribution in [0.5, 0.6) is 0 Å². The van der Waals surface area contributed by atoms with Crippen molar-refractivity contribution in [3.05, 3.63) is 12.0 Å². The Balaban J connectivity index is 2.74. The van der Waals surface area contributed by atoms with Gasteiger partial charge in [0.1, 0.15) is 5.82 Å². The van der Waals surface area contributed by atoms with Gasteiger partial charge in [0.15, 0.2) is 5.69 Å². The Hall–Kier alpha value is -1.17. The van der Waals surface area contributed by atoms with Gasteiger partial charge in [-0.25, -0.2) is 9.78 Å². The molecule has 15 heavy (non-hydrogen) atoms. The second-order valence-corrected chi connectivity index (χ2v) is 3.87. The van der Waals surface area contributed by atoms with E-state index in [-0.39, 0.29) is 5.69 Å². The number of anilines is 1. The van der Waals surface area contributed by atoms with Crippen LogP contribution < -0.4 is 5.73 Å². The van der Waals surface area contributed by atoms with Gasteiger partial charge in [-0.15, -0.1) is 0 Å². The number of hydrogen-bond acceptors (Lipinski definition) is 5. The van der Waals surface area contributed by atoms with Gasteiger partial charge in [0.25, 0.3) is 0 Å². The maximum atomic E-state index is 11.4. The zero-order chi connectivity index (χ0) is 11.3. The number of thioether (sulfide) groups is 1. The lowest BCUT2D eigenvalue weighted by atomic mass is 10.4. The van der Waals surface area contributed by atoms with Crippen LogP contribution in [-0.2, 0) is 11.3 Å². The summed E-state index contributed by atoms with van der Waals surface area (Å²) >= 11 is 1.71. The second kappa shape index (κ2) is 5.65. The summed E-state index contributed by atoms with van der Waals surface area (Å²) in [7, 11) is 0. The summed E-state index contributed by atoms with van der Waals surface area (Å²) in [5.41, 5.74) is 5.97. The van der Waals surface area contributed by atoms with Crippen LogP contribution in [0.25, 0.3) is 0 Å². The van der Waals surface area contributed by atoms with Crippen LogP contribution in [0.3, 0.4) is 0 Å². The maximum absolute atomic E-state index is 11.4. The molecular formula is C9H15N3O2S. The molecule has 1 aromatic rings. The average molecular weight is 229 g/mol. The van der Waals surface area contributed by atoms with Crippen molar-refractivity contribution in [2.24, 2.45) is 0 Å². The van der Waals surface area contributed by atoms with E-state index in [1.54, 1.807) is 29.6 Å². The van der Waals surface area contributed by atoms with Crippen molar-refractivity contribution < 1.29 is 9.53 Å². The van der Waals surface area contributed by atoms with E-state index >= 15 is 0 Å². The second-order valence-electron chi connectivity index (χ2n) is 2.89. The normalized spacial score (nSPS) is 10.3. The third-order valence-corrected chi connectivity index (χ3v) is 2.47. The molecular weight excluding hydrogens is 214 g/mol. The van der Waals surface area contributed by atoms with Crippen molar-refractivity contribution in [2.75, 3.05) is 24.3 Å².